The molecule has 3 nitrogen and oxygen atoms in total. The Morgan fingerprint density at radius 2 is 2.10 bits per heavy atom. The Labute approximate surface area is 128 Å². The van der Waals surface area contributed by atoms with Crippen LogP contribution in [0.1, 0.15) is 36.8 Å². The number of nitrogens with zero attached hydrogens (tertiary/aromatic N) is 1. The highest BCUT2D eigenvalue weighted by Crippen LogP contribution is 2.27. The van der Waals surface area contributed by atoms with Crippen LogP contribution in [0.5, 0.6) is 5.75 Å². The summed E-state index contributed by atoms with van der Waals surface area (Å²) in [7, 11) is 0. The van der Waals surface area contributed by atoms with Gasteiger partial charge in [0, 0.05) is 25.2 Å². The minimum Gasteiger partial charge on any atom is -0.492 e. The molecule has 1 saturated carbocycles. The molecule has 1 aliphatic heterocycles. The molecular formula is C18H28N2O. The maximum absolute atomic E-state index is 6.03. The molecule has 1 unspecified atom stereocenters. The van der Waals surface area contributed by atoms with Gasteiger partial charge in [-0.3, -0.25) is 4.90 Å². The maximum atomic E-state index is 6.03. The minimum absolute atomic E-state index is 0.700. The van der Waals surface area contributed by atoms with E-state index in [9.17, 15) is 0 Å². The molecule has 1 aromatic rings. The molecule has 2 aliphatic rings. The first-order valence-corrected chi connectivity index (χ1v) is 8.40. The summed E-state index contributed by atoms with van der Waals surface area (Å²) in [4.78, 5) is 2.63. The zero-order valence-corrected chi connectivity index (χ0v) is 13.4. The summed E-state index contributed by atoms with van der Waals surface area (Å²) in [5.74, 6) is 1.05. The molecule has 0 radical (unpaired) electrons. The van der Waals surface area contributed by atoms with Crippen LogP contribution in [0.25, 0.3) is 0 Å². The molecule has 1 N–H and O–H groups in total. The Morgan fingerprint density at radius 3 is 2.81 bits per heavy atom. The van der Waals surface area contributed by atoms with Gasteiger partial charge in [-0.15, -0.1) is 0 Å². The topological polar surface area (TPSA) is 24.5 Å². The van der Waals surface area contributed by atoms with E-state index in [4.69, 9.17) is 4.74 Å². The SMILES string of the molecule is Cc1ccc(C)c(OCCN(CC2CCCN2)C2CC2)c1. The first-order valence-electron chi connectivity index (χ1n) is 8.40. The van der Waals surface area contributed by atoms with Gasteiger partial charge in [0.1, 0.15) is 12.4 Å². The number of aryl methyl sites for hydroxylation is 2. The zero-order valence-electron chi connectivity index (χ0n) is 13.4. The van der Waals surface area contributed by atoms with Crippen LogP contribution in [-0.4, -0.2) is 43.2 Å². The first-order chi connectivity index (χ1) is 10.2. The van der Waals surface area contributed by atoms with Gasteiger partial charge in [0.15, 0.2) is 0 Å². The van der Waals surface area contributed by atoms with Crippen LogP contribution in [-0.2, 0) is 0 Å². The average molecular weight is 288 g/mol. The number of rotatable bonds is 7. The molecule has 1 atom stereocenters. The zero-order chi connectivity index (χ0) is 14.7. The van der Waals surface area contributed by atoms with E-state index in [1.165, 1.54) is 49.9 Å². The Hall–Kier alpha value is -1.06. The molecule has 0 aromatic heterocycles. The van der Waals surface area contributed by atoms with E-state index in [1.54, 1.807) is 0 Å². The van der Waals surface area contributed by atoms with Crippen LogP contribution in [0.2, 0.25) is 0 Å². The van der Waals surface area contributed by atoms with Gasteiger partial charge in [0.25, 0.3) is 0 Å². The lowest BCUT2D eigenvalue weighted by atomic mass is 10.1. The summed E-state index contributed by atoms with van der Waals surface area (Å²) >= 11 is 0. The molecule has 21 heavy (non-hydrogen) atoms. The maximum Gasteiger partial charge on any atom is 0.122 e. The fourth-order valence-corrected chi connectivity index (χ4v) is 3.19. The van der Waals surface area contributed by atoms with E-state index in [0.717, 1.165) is 24.9 Å². The summed E-state index contributed by atoms with van der Waals surface area (Å²) in [5.41, 5.74) is 2.50. The molecule has 0 spiro atoms. The first kappa shape index (κ1) is 14.9. The van der Waals surface area contributed by atoms with Gasteiger partial charge < -0.3 is 10.1 Å². The smallest absolute Gasteiger partial charge is 0.122 e. The van der Waals surface area contributed by atoms with Crippen molar-refractivity contribution >= 4 is 0 Å². The third-order valence-electron chi connectivity index (χ3n) is 4.66. The predicted octanol–water partition coefficient (Wildman–Crippen LogP) is 2.90. The highest BCUT2D eigenvalue weighted by atomic mass is 16.5. The second-order valence-electron chi connectivity index (χ2n) is 6.64. The summed E-state index contributed by atoms with van der Waals surface area (Å²) in [6.45, 7) is 8.48. The van der Waals surface area contributed by atoms with E-state index >= 15 is 0 Å². The van der Waals surface area contributed by atoms with E-state index < -0.39 is 0 Å². The lowest BCUT2D eigenvalue weighted by Crippen LogP contribution is -2.40. The second kappa shape index (κ2) is 6.80. The van der Waals surface area contributed by atoms with E-state index in [1.807, 2.05) is 0 Å². The van der Waals surface area contributed by atoms with Crippen molar-refractivity contribution in [2.75, 3.05) is 26.2 Å². The molecule has 1 saturated heterocycles. The van der Waals surface area contributed by atoms with Gasteiger partial charge in [0.05, 0.1) is 0 Å². The summed E-state index contributed by atoms with van der Waals surface area (Å²) in [6, 6.07) is 7.95. The Morgan fingerprint density at radius 1 is 1.24 bits per heavy atom. The van der Waals surface area contributed by atoms with Crippen LogP contribution >= 0.6 is 0 Å². The molecule has 3 rings (SSSR count). The lowest BCUT2D eigenvalue weighted by Gasteiger charge is -2.25. The van der Waals surface area contributed by atoms with Gasteiger partial charge >= 0.3 is 0 Å². The van der Waals surface area contributed by atoms with E-state index in [-0.39, 0.29) is 0 Å². The fraction of sp³-hybridized carbons (Fsp3) is 0.667. The largest absolute Gasteiger partial charge is 0.492 e. The van der Waals surface area contributed by atoms with Gasteiger partial charge in [-0.1, -0.05) is 12.1 Å². The Kier molecular flexibility index (Phi) is 4.81. The predicted molar refractivity (Wildman–Crippen MR) is 87.0 cm³/mol. The standard InChI is InChI=1S/C18H28N2O/c1-14-5-6-15(2)18(12-14)21-11-10-20(17-7-8-17)13-16-4-3-9-19-16/h5-6,12,16-17,19H,3-4,7-11,13H2,1-2H3. The molecule has 1 aromatic carbocycles. The Bertz CT molecular complexity index is 464. The second-order valence-corrected chi connectivity index (χ2v) is 6.64. The van der Waals surface area contributed by atoms with E-state index in [2.05, 4.69) is 42.3 Å². The molecular weight excluding hydrogens is 260 g/mol. The van der Waals surface area contributed by atoms with Crippen molar-refractivity contribution < 1.29 is 4.74 Å². The molecule has 0 amide bonds. The normalized spacial score (nSPS) is 22.0. The van der Waals surface area contributed by atoms with Crippen molar-refractivity contribution in [1.29, 1.82) is 0 Å². The van der Waals surface area contributed by atoms with Crippen LogP contribution in [0.4, 0.5) is 0 Å². The average Bonchev–Trinajstić information content (AvgIpc) is 3.19. The number of benzene rings is 1. The Balaban J connectivity index is 1.48. The monoisotopic (exact) mass is 288 g/mol. The van der Waals surface area contributed by atoms with E-state index in [0.29, 0.717) is 6.04 Å². The van der Waals surface area contributed by atoms with Crippen molar-refractivity contribution in [2.24, 2.45) is 0 Å². The molecule has 3 heteroatoms. The fourth-order valence-electron chi connectivity index (χ4n) is 3.19. The van der Waals surface area contributed by atoms with Crippen LogP contribution in [0.3, 0.4) is 0 Å². The van der Waals surface area contributed by atoms with Crippen molar-refractivity contribution in [3.8, 4) is 5.75 Å². The molecule has 0 bridgehead atoms. The van der Waals surface area contributed by atoms with Gasteiger partial charge in [-0.2, -0.15) is 0 Å². The molecule has 1 heterocycles. The highest BCUT2D eigenvalue weighted by Gasteiger charge is 2.31. The highest BCUT2D eigenvalue weighted by molar-refractivity contribution is 5.35. The van der Waals surface area contributed by atoms with Crippen molar-refractivity contribution in [1.82, 2.24) is 10.2 Å². The number of ether oxygens (including phenoxy) is 1. The molecule has 116 valence electrons. The molecule has 1 aliphatic carbocycles. The lowest BCUT2D eigenvalue weighted by molar-refractivity contribution is 0.188. The summed E-state index contributed by atoms with van der Waals surface area (Å²) in [5, 5.41) is 3.61. The third-order valence-corrected chi connectivity index (χ3v) is 4.66. The van der Waals surface area contributed by atoms with Crippen molar-refractivity contribution in [2.45, 2.75) is 51.6 Å². The quantitative estimate of drug-likeness (QED) is 0.835. The molecule has 2 fully saturated rings. The van der Waals surface area contributed by atoms with Crippen LogP contribution in [0, 0.1) is 13.8 Å². The third kappa shape index (κ3) is 4.21. The van der Waals surface area contributed by atoms with Crippen LogP contribution < -0.4 is 10.1 Å². The van der Waals surface area contributed by atoms with Gasteiger partial charge in [0.2, 0.25) is 0 Å². The van der Waals surface area contributed by atoms with Crippen LogP contribution in [0.15, 0.2) is 18.2 Å². The minimum atomic E-state index is 0.700. The number of nitrogens with one attached hydrogen (secondary N) is 1. The van der Waals surface area contributed by atoms with Crippen molar-refractivity contribution in [3.63, 3.8) is 0 Å². The van der Waals surface area contributed by atoms with Gasteiger partial charge in [-0.25, -0.2) is 0 Å². The number of hydrogen-bond acceptors (Lipinski definition) is 3. The number of hydrogen-bond donors (Lipinski definition) is 1. The summed E-state index contributed by atoms with van der Waals surface area (Å²) in [6.07, 6.45) is 5.41. The summed E-state index contributed by atoms with van der Waals surface area (Å²) < 4.78 is 6.03. The van der Waals surface area contributed by atoms with Crippen molar-refractivity contribution in [3.05, 3.63) is 29.3 Å². The van der Waals surface area contributed by atoms with Gasteiger partial charge in [-0.05, 0) is 63.3 Å².